The van der Waals surface area contributed by atoms with Crippen LogP contribution in [0.2, 0.25) is 0 Å². The average molecular weight is 585 g/mol. The van der Waals surface area contributed by atoms with Gasteiger partial charge in [0.25, 0.3) is 0 Å². The third-order valence-electron chi connectivity index (χ3n) is 9.87. The molecule has 0 unspecified atom stereocenters. The van der Waals surface area contributed by atoms with Gasteiger partial charge in [0.2, 0.25) is 5.87 Å². The summed E-state index contributed by atoms with van der Waals surface area (Å²) >= 11 is 0. The van der Waals surface area contributed by atoms with Crippen LogP contribution < -0.4 is 10.9 Å². The van der Waals surface area contributed by atoms with Crippen molar-refractivity contribution < 1.29 is 0 Å². The van der Waals surface area contributed by atoms with E-state index in [1.807, 2.05) is 0 Å². The van der Waals surface area contributed by atoms with Gasteiger partial charge in [0.15, 0.2) is 0 Å². The molecule has 0 nitrogen and oxygen atoms in total. The molecule has 6 aromatic carbocycles. The molecular weight excluding hydrogens is 546 g/mol. The fourth-order valence-corrected chi connectivity index (χ4v) is 12.7. The molecule has 0 aromatic heterocycles. The summed E-state index contributed by atoms with van der Waals surface area (Å²) in [6, 6.07) is 60.7. The molecule has 6 aromatic rings. The normalized spacial score (nSPS) is 15.3. The number of allylic oxidation sites excluding steroid dienone is 1. The van der Waals surface area contributed by atoms with E-state index in [0.29, 0.717) is 0 Å². The SMILES string of the molecule is CC1=C(c2ccc(-c3ccccc3)cc2)[B-](c2ccc(-c3ccccc3)cc2)(c2ccc(-c3ccccc3)cc2)[P+](C)(C)C1. The Hall–Kier alpha value is -4.45. The first-order valence-electron chi connectivity index (χ1n) is 15.6. The van der Waals surface area contributed by atoms with Crippen molar-refractivity contribution in [3.05, 3.63) is 175 Å². The van der Waals surface area contributed by atoms with Crippen LogP contribution in [0.1, 0.15) is 12.5 Å². The minimum Gasteiger partial charge on any atom is -0.157 e. The highest BCUT2D eigenvalue weighted by Crippen LogP contribution is 2.69. The zero-order chi connectivity index (χ0) is 30.1. The summed E-state index contributed by atoms with van der Waals surface area (Å²) in [4.78, 5) is 0. The van der Waals surface area contributed by atoms with Gasteiger partial charge in [-0.2, -0.15) is 10.9 Å². The Morgan fingerprint density at radius 3 is 1.05 bits per heavy atom. The highest BCUT2D eigenvalue weighted by molar-refractivity contribution is 8.14. The summed E-state index contributed by atoms with van der Waals surface area (Å²) in [6.45, 7) is 7.58. The molecule has 214 valence electrons. The standard InChI is InChI=1S/C42H38BP/c1-32-31-44(2,3)43(40-27-23-37(24-28-40)34-15-9-5-10-16-34,41-29-25-38(26-30-41)35-17-11-6-12-18-35)42(32)39-21-19-36(20-22-39)33-13-7-4-8-14-33/h4-30H,31H2,1-3H3. The molecule has 1 aliphatic heterocycles. The Labute approximate surface area is 263 Å². The van der Waals surface area contributed by atoms with Crippen molar-refractivity contribution in [1.82, 2.24) is 0 Å². The van der Waals surface area contributed by atoms with Gasteiger partial charge in [-0.05, 0) is 40.3 Å². The highest BCUT2D eigenvalue weighted by atomic mass is 31.2. The molecule has 0 atom stereocenters. The largest absolute Gasteiger partial charge is 0.246 e. The maximum Gasteiger partial charge on any atom is 0.246 e. The van der Waals surface area contributed by atoms with Crippen molar-refractivity contribution >= 4 is 29.4 Å². The van der Waals surface area contributed by atoms with Gasteiger partial charge < -0.3 is 0 Å². The lowest BCUT2D eigenvalue weighted by Gasteiger charge is -2.46. The second-order valence-electron chi connectivity index (χ2n) is 12.9. The summed E-state index contributed by atoms with van der Waals surface area (Å²) in [5.41, 5.74) is 14.9. The first kappa shape index (κ1) is 28.3. The third kappa shape index (κ3) is 4.87. The average Bonchev–Trinajstić information content (AvgIpc) is 3.30. The molecule has 2 heteroatoms. The van der Waals surface area contributed by atoms with Crippen LogP contribution in [0.4, 0.5) is 0 Å². The van der Waals surface area contributed by atoms with Crippen LogP contribution in [0.3, 0.4) is 0 Å². The quantitative estimate of drug-likeness (QED) is 0.135. The molecule has 0 aliphatic carbocycles. The van der Waals surface area contributed by atoms with Gasteiger partial charge in [-0.25, -0.2) is 0 Å². The van der Waals surface area contributed by atoms with Gasteiger partial charge in [-0.3, -0.25) is 0 Å². The van der Waals surface area contributed by atoms with Crippen molar-refractivity contribution in [3.63, 3.8) is 0 Å². The molecule has 1 aliphatic rings. The molecule has 44 heavy (non-hydrogen) atoms. The van der Waals surface area contributed by atoms with Crippen LogP contribution in [0, 0.1) is 0 Å². The minimum atomic E-state index is -1.51. The zero-order valence-electron chi connectivity index (χ0n) is 25.8. The smallest absolute Gasteiger partial charge is 0.157 e. The molecule has 0 saturated carbocycles. The van der Waals surface area contributed by atoms with E-state index in [0.717, 1.165) is 0 Å². The monoisotopic (exact) mass is 584 g/mol. The summed E-state index contributed by atoms with van der Waals surface area (Å²) in [5, 5.41) is 0. The molecule has 0 fully saturated rings. The Bertz CT molecular complexity index is 1820. The van der Waals surface area contributed by atoms with Crippen LogP contribution in [-0.2, 0) is 0 Å². The number of benzene rings is 6. The molecule has 0 N–H and O–H groups in total. The van der Waals surface area contributed by atoms with Crippen molar-refractivity contribution in [2.75, 3.05) is 19.5 Å². The van der Waals surface area contributed by atoms with Crippen LogP contribution in [-0.4, -0.2) is 25.4 Å². The van der Waals surface area contributed by atoms with Crippen molar-refractivity contribution in [2.24, 2.45) is 0 Å². The van der Waals surface area contributed by atoms with E-state index in [1.54, 1.807) is 5.47 Å². The summed E-state index contributed by atoms with van der Waals surface area (Å²) in [7, 11) is -1.51. The van der Waals surface area contributed by atoms with Gasteiger partial charge in [0.05, 0.1) is 0 Å². The van der Waals surface area contributed by atoms with Crippen molar-refractivity contribution in [1.29, 1.82) is 0 Å². The first-order chi connectivity index (χ1) is 21.5. The lowest BCUT2D eigenvalue weighted by atomic mass is 9.32. The van der Waals surface area contributed by atoms with Crippen LogP contribution in [0.5, 0.6) is 0 Å². The van der Waals surface area contributed by atoms with Gasteiger partial charge in [-0.15, -0.1) is 12.6 Å². The molecule has 7 rings (SSSR count). The topological polar surface area (TPSA) is 0 Å². The maximum absolute atomic E-state index is 2.60. The lowest BCUT2D eigenvalue weighted by molar-refractivity contribution is 1.42. The Kier molecular flexibility index (Phi) is 7.45. The fraction of sp³-hybridized carbons (Fsp3) is 0.0952. The van der Waals surface area contributed by atoms with E-state index in [4.69, 9.17) is 0 Å². The predicted molar refractivity (Wildman–Crippen MR) is 197 cm³/mol. The second kappa shape index (κ2) is 11.6. The summed E-state index contributed by atoms with van der Waals surface area (Å²) in [6.07, 6.45) is 1.17. The van der Waals surface area contributed by atoms with E-state index in [2.05, 4.69) is 184 Å². The Morgan fingerprint density at radius 2 is 0.682 bits per heavy atom. The number of rotatable bonds is 6. The van der Waals surface area contributed by atoms with Crippen molar-refractivity contribution in [2.45, 2.75) is 6.92 Å². The van der Waals surface area contributed by atoms with Crippen LogP contribution in [0.15, 0.2) is 169 Å². The molecule has 0 amide bonds. The van der Waals surface area contributed by atoms with E-state index >= 15 is 0 Å². The summed E-state index contributed by atoms with van der Waals surface area (Å²) in [5.74, 6) is -1.20. The molecule has 0 bridgehead atoms. The van der Waals surface area contributed by atoms with Gasteiger partial charge in [0.1, 0.15) is 0 Å². The second-order valence-corrected chi connectivity index (χ2v) is 17.5. The molecule has 0 saturated heterocycles. The van der Waals surface area contributed by atoms with Gasteiger partial charge in [-0.1, -0.05) is 175 Å². The van der Waals surface area contributed by atoms with Crippen LogP contribution >= 0.6 is 7.14 Å². The third-order valence-corrected chi connectivity index (χ3v) is 14.1. The van der Waals surface area contributed by atoms with Gasteiger partial charge in [0, 0.05) is 19.5 Å². The van der Waals surface area contributed by atoms with Crippen molar-refractivity contribution in [3.8, 4) is 33.4 Å². The Balaban J connectivity index is 1.41. The zero-order valence-corrected chi connectivity index (χ0v) is 26.7. The Morgan fingerprint density at radius 1 is 0.386 bits per heavy atom. The molecular formula is C42H38BP. The highest BCUT2D eigenvalue weighted by Gasteiger charge is 2.56. The first-order valence-corrected chi connectivity index (χ1v) is 18.6. The molecule has 0 radical (unpaired) electrons. The fourth-order valence-electron chi connectivity index (χ4n) is 8.00. The van der Waals surface area contributed by atoms with Crippen LogP contribution in [0.25, 0.3) is 38.9 Å². The number of hydrogen-bond acceptors (Lipinski definition) is 0. The van der Waals surface area contributed by atoms with Gasteiger partial charge >= 0.3 is 0 Å². The predicted octanol–water partition coefficient (Wildman–Crippen LogP) is 10.1. The number of hydrogen-bond donors (Lipinski definition) is 0. The molecule has 1 heterocycles. The lowest BCUT2D eigenvalue weighted by Crippen LogP contribution is -2.59. The van der Waals surface area contributed by atoms with E-state index in [-0.39, 0.29) is 0 Å². The summed E-state index contributed by atoms with van der Waals surface area (Å²) < 4.78 is 0. The maximum atomic E-state index is 2.60. The molecule has 0 spiro atoms. The minimum absolute atomic E-state index is 1.17. The van der Waals surface area contributed by atoms with E-state index in [9.17, 15) is 0 Å². The van der Waals surface area contributed by atoms with E-state index < -0.39 is 13.0 Å². The van der Waals surface area contributed by atoms with E-state index in [1.165, 1.54) is 61.6 Å².